The first kappa shape index (κ1) is 29.5. The number of nitrogens with one attached hydrogen (secondary N) is 2. The summed E-state index contributed by atoms with van der Waals surface area (Å²) in [7, 11) is 0. The van der Waals surface area contributed by atoms with Crippen LogP contribution in [0.1, 0.15) is 76.3 Å². The maximum absolute atomic E-state index is 14.0. The van der Waals surface area contributed by atoms with Gasteiger partial charge < -0.3 is 30.2 Å². The summed E-state index contributed by atoms with van der Waals surface area (Å²) in [6, 6.07) is 3.47. The highest BCUT2D eigenvalue weighted by atomic mass is 16.6. The Morgan fingerprint density at radius 3 is 2.69 bits per heavy atom. The van der Waals surface area contributed by atoms with Gasteiger partial charge in [0.25, 0.3) is 0 Å². The van der Waals surface area contributed by atoms with Crippen molar-refractivity contribution in [1.82, 2.24) is 20.5 Å². The van der Waals surface area contributed by atoms with Crippen molar-refractivity contribution in [1.29, 1.82) is 0 Å². The molecule has 226 valence electrons. The molecule has 4 aliphatic rings. The summed E-state index contributed by atoms with van der Waals surface area (Å²) < 4.78 is 5.57. The van der Waals surface area contributed by atoms with Gasteiger partial charge in [-0.3, -0.25) is 14.6 Å². The van der Waals surface area contributed by atoms with E-state index in [1.54, 1.807) is 18.3 Å². The largest absolute Gasteiger partial charge is 0.479 e. The number of nitrogens with zero attached hydrogens (tertiary/aromatic N) is 3. The van der Waals surface area contributed by atoms with Crippen molar-refractivity contribution >= 4 is 30.1 Å². The number of amides is 3. The van der Waals surface area contributed by atoms with Crippen molar-refractivity contribution in [3.63, 3.8) is 0 Å². The van der Waals surface area contributed by atoms with Crippen LogP contribution in [-0.4, -0.2) is 81.5 Å². The third-order valence-corrected chi connectivity index (χ3v) is 8.57. The van der Waals surface area contributed by atoms with E-state index in [1.165, 1.54) is 11.1 Å². The number of carboxylic acid groups (broad SMARTS) is 1. The summed E-state index contributed by atoms with van der Waals surface area (Å²) in [4.78, 5) is 63.8. The van der Waals surface area contributed by atoms with Crippen LogP contribution in [0.3, 0.4) is 0 Å². The molecule has 2 saturated carbocycles. The van der Waals surface area contributed by atoms with Crippen LogP contribution in [0.2, 0.25) is 0 Å². The standard InChI is InChI=1S/C30H39N5O7/c36-26-25-16-23(42-32-18-21-11-8-9-15-31-21)19-35(25)27(37)24(33-29(40)41-22-12-6-7-13-22)14-5-3-1-2-4-10-20-17-30(20,34-26)28(38)39/h4,8-11,15,18,20,22-25H,1-3,5-7,12-14,16-17,19H2,(H,33,40)(H,34,36)(H,38,39)/b10-4-,32-18+/t20-,23+,24+,25-,30-/m0/s1. The third kappa shape index (κ3) is 7.08. The highest BCUT2D eigenvalue weighted by Gasteiger charge is 2.61. The summed E-state index contributed by atoms with van der Waals surface area (Å²) in [5.74, 6) is -2.41. The molecule has 0 unspecified atom stereocenters. The van der Waals surface area contributed by atoms with E-state index in [4.69, 9.17) is 9.57 Å². The fraction of sp³-hybridized carbons (Fsp3) is 0.600. The molecule has 0 spiro atoms. The van der Waals surface area contributed by atoms with Crippen molar-refractivity contribution in [2.45, 2.75) is 100 Å². The number of carboxylic acids is 1. The molecule has 5 rings (SSSR count). The average Bonchev–Trinajstić information content (AvgIpc) is 3.27. The highest BCUT2D eigenvalue weighted by molar-refractivity contribution is 5.96. The Labute approximate surface area is 244 Å². The molecule has 3 heterocycles. The van der Waals surface area contributed by atoms with Crippen molar-refractivity contribution in [3.8, 4) is 0 Å². The maximum Gasteiger partial charge on any atom is 0.408 e. The summed E-state index contributed by atoms with van der Waals surface area (Å²) in [5, 5.41) is 19.5. The molecule has 0 bridgehead atoms. The van der Waals surface area contributed by atoms with E-state index in [0.29, 0.717) is 18.5 Å². The van der Waals surface area contributed by atoms with Gasteiger partial charge >= 0.3 is 12.1 Å². The first-order valence-corrected chi connectivity index (χ1v) is 15.0. The van der Waals surface area contributed by atoms with Crippen LogP contribution >= 0.6 is 0 Å². The molecule has 5 atom stereocenters. The number of ether oxygens (including phenoxy) is 1. The molecular formula is C30H39N5O7. The Bertz CT molecular complexity index is 1200. The Morgan fingerprint density at radius 1 is 1.12 bits per heavy atom. The monoisotopic (exact) mass is 581 g/mol. The van der Waals surface area contributed by atoms with Crippen molar-refractivity contribution in [3.05, 3.63) is 42.2 Å². The SMILES string of the molecule is O=C(N[C@@H]1CCCCC/C=C\[C@H]2C[C@]2(C(=O)O)NC(=O)[C@@H]2C[C@@H](O/N=C/c3ccccn3)CN2C1=O)OC1CCCC1. The number of fused-ring (bicyclic) bond motifs is 2. The van der Waals surface area contributed by atoms with Crippen LogP contribution in [0.5, 0.6) is 0 Å². The molecule has 42 heavy (non-hydrogen) atoms. The molecule has 2 aliphatic carbocycles. The molecule has 3 N–H and O–H groups in total. The predicted molar refractivity (Wildman–Crippen MR) is 151 cm³/mol. The smallest absolute Gasteiger partial charge is 0.408 e. The van der Waals surface area contributed by atoms with Crippen LogP contribution in [0.15, 0.2) is 41.7 Å². The lowest BCUT2D eigenvalue weighted by Crippen LogP contribution is -2.56. The molecule has 12 nitrogen and oxygen atoms in total. The van der Waals surface area contributed by atoms with E-state index in [-0.39, 0.29) is 31.4 Å². The second-order valence-electron chi connectivity index (χ2n) is 11.6. The molecule has 0 radical (unpaired) electrons. The Balaban J connectivity index is 1.35. The van der Waals surface area contributed by atoms with E-state index in [9.17, 15) is 24.3 Å². The van der Waals surface area contributed by atoms with Crippen LogP contribution in [0.4, 0.5) is 4.79 Å². The molecule has 2 aliphatic heterocycles. The number of rotatable bonds is 6. The Hall–Kier alpha value is -3.96. The van der Waals surface area contributed by atoms with Crippen LogP contribution in [0, 0.1) is 5.92 Å². The minimum Gasteiger partial charge on any atom is -0.479 e. The van der Waals surface area contributed by atoms with Gasteiger partial charge in [0.05, 0.1) is 18.5 Å². The molecule has 1 aromatic rings. The van der Waals surface area contributed by atoms with Gasteiger partial charge in [0.2, 0.25) is 11.8 Å². The van der Waals surface area contributed by atoms with Crippen LogP contribution in [0.25, 0.3) is 0 Å². The number of hydrogen-bond acceptors (Lipinski definition) is 8. The zero-order valence-electron chi connectivity index (χ0n) is 23.7. The van der Waals surface area contributed by atoms with E-state index in [2.05, 4.69) is 20.8 Å². The van der Waals surface area contributed by atoms with Gasteiger partial charge in [0, 0.05) is 18.5 Å². The highest BCUT2D eigenvalue weighted by Crippen LogP contribution is 2.45. The van der Waals surface area contributed by atoms with E-state index >= 15 is 0 Å². The fourth-order valence-corrected chi connectivity index (χ4v) is 6.09. The van der Waals surface area contributed by atoms with Crippen LogP contribution in [-0.2, 0) is 24.0 Å². The molecule has 3 fully saturated rings. The third-order valence-electron chi connectivity index (χ3n) is 8.57. The number of hydrogen-bond donors (Lipinski definition) is 3. The second-order valence-corrected chi connectivity index (χ2v) is 11.6. The van der Waals surface area contributed by atoms with Gasteiger partial charge in [-0.25, -0.2) is 9.59 Å². The molecule has 12 heteroatoms. The van der Waals surface area contributed by atoms with Crippen molar-refractivity contribution in [2.24, 2.45) is 11.1 Å². The predicted octanol–water partition coefficient (Wildman–Crippen LogP) is 2.92. The zero-order chi connectivity index (χ0) is 29.5. The number of aromatic nitrogens is 1. The number of pyridine rings is 1. The number of alkyl carbamates (subject to hydrolysis) is 1. The number of carbonyl (C=O) groups is 4. The quantitative estimate of drug-likeness (QED) is 0.263. The topological polar surface area (TPSA) is 160 Å². The normalized spacial score (nSPS) is 31.3. The maximum atomic E-state index is 14.0. The van der Waals surface area contributed by atoms with E-state index < -0.39 is 47.6 Å². The lowest BCUT2D eigenvalue weighted by atomic mass is 10.0. The summed E-state index contributed by atoms with van der Waals surface area (Å²) in [6.45, 7) is 0.0513. The van der Waals surface area contributed by atoms with E-state index in [0.717, 1.165) is 44.9 Å². The van der Waals surface area contributed by atoms with Gasteiger partial charge in [-0.2, -0.15) is 0 Å². The minimum atomic E-state index is -1.40. The lowest BCUT2D eigenvalue weighted by molar-refractivity contribution is -0.145. The summed E-state index contributed by atoms with van der Waals surface area (Å²) in [6.07, 6.45) is 13.0. The summed E-state index contributed by atoms with van der Waals surface area (Å²) in [5.41, 5.74) is -0.818. The Morgan fingerprint density at radius 2 is 1.93 bits per heavy atom. The van der Waals surface area contributed by atoms with Gasteiger partial charge in [-0.15, -0.1) is 0 Å². The molecule has 3 amide bonds. The first-order chi connectivity index (χ1) is 20.4. The summed E-state index contributed by atoms with van der Waals surface area (Å²) >= 11 is 0. The van der Waals surface area contributed by atoms with Gasteiger partial charge in [0.15, 0.2) is 0 Å². The molecular weight excluding hydrogens is 542 g/mol. The molecule has 1 saturated heterocycles. The van der Waals surface area contributed by atoms with Gasteiger partial charge in [-0.1, -0.05) is 36.2 Å². The number of carbonyl (C=O) groups excluding carboxylic acids is 3. The van der Waals surface area contributed by atoms with Crippen LogP contribution < -0.4 is 10.6 Å². The van der Waals surface area contributed by atoms with Gasteiger partial charge in [0.1, 0.15) is 29.8 Å². The molecule has 1 aromatic heterocycles. The Kier molecular flexibility index (Phi) is 9.38. The van der Waals surface area contributed by atoms with Gasteiger partial charge in [-0.05, 0) is 63.5 Å². The number of aliphatic carboxylic acids is 1. The average molecular weight is 582 g/mol. The number of oxime groups is 1. The lowest BCUT2D eigenvalue weighted by Gasteiger charge is -2.29. The first-order valence-electron chi connectivity index (χ1n) is 15.0. The number of allylic oxidation sites excluding steroid dienone is 1. The van der Waals surface area contributed by atoms with E-state index in [1.807, 2.05) is 18.2 Å². The minimum absolute atomic E-state index is 0.0513. The van der Waals surface area contributed by atoms with Crippen molar-refractivity contribution < 1.29 is 33.9 Å². The van der Waals surface area contributed by atoms with Crippen molar-refractivity contribution in [2.75, 3.05) is 6.54 Å². The fourth-order valence-electron chi connectivity index (χ4n) is 6.09. The second kappa shape index (κ2) is 13.3. The zero-order valence-corrected chi connectivity index (χ0v) is 23.7. The molecule has 0 aromatic carbocycles.